The molecule has 2 heterocycles. The predicted octanol–water partition coefficient (Wildman–Crippen LogP) is 1.64. The molecule has 0 saturated heterocycles. The molecule has 0 radical (unpaired) electrons. The minimum atomic E-state index is -3.82. The second-order valence-electron chi connectivity index (χ2n) is 3.31. The summed E-state index contributed by atoms with van der Waals surface area (Å²) in [5.74, 6) is -0.376. The summed E-state index contributed by atoms with van der Waals surface area (Å²) in [6.45, 7) is 0. The van der Waals surface area contributed by atoms with Gasteiger partial charge in [0.15, 0.2) is 5.75 Å². The van der Waals surface area contributed by atoms with Crippen LogP contribution in [0.5, 0.6) is 5.75 Å². The van der Waals surface area contributed by atoms with Crippen molar-refractivity contribution in [1.82, 2.24) is 9.97 Å². The molecule has 0 spiro atoms. The van der Waals surface area contributed by atoms with Gasteiger partial charge < -0.3 is 5.11 Å². The Hall–Kier alpha value is -1.86. The van der Waals surface area contributed by atoms with E-state index in [9.17, 15) is 13.5 Å². The van der Waals surface area contributed by atoms with Crippen molar-refractivity contribution in [1.29, 1.82) is 0 Å². The highest BCUT2D eigenvalue weighted by Crippen LogP contribution is 2.31. The molecule has 2 aromatic rings. The lowest BCUT2D eigenvalue weighted by Crippen LogP contribution is -2.13. The number of sulfonamides is 1. The number of anilines is 1. The molecule has 94 valence electrons. The minimum absolute atomic E-state index is 0.0237. The standard InChI is InChI=1S/C10H8ClN3O3S/c11-8-5-13-6-9(10(8)15)14-18(16,17)7-2-1-3-12-4-7/h1-6,14H,(H,13,15). The molecule has 0 saturated carbocycles. The van der Waals surface area contributed by atoms with E-state index in [1.54, 1.807) is 0 Å². The largest absolute Gasteiger partial charge is 0.504 e. The van der Waals surface area contributed by atoms with Crippen LogP contribution in [-0.2, 0) is 10.0 Å². The van der Waals surface area contributed by atoms with Crippen LogP contribution in [0.1, 0.15) is 0 Å². The fourth-order valence-corrected chi connectivity index (χ4v) is 2.38. The third-order valence-corrected chi connectivity index (χ3v) is 3.69. The Kier molecular flexibility index (Phi) is 3.35. The number of nitrogens with zero attached hydrogens (tertiary/aromatic N) is 2. The highest BCUT2D eigenvalue weighted by molar-refractivity contribution is 7.92. The normalized spacial score (nSPS) is 11.2. The molecule has 0 aromatic carbocycles. The lowest BCUT2D eigenvalue weighted by molar-refractivity contribution is 0.477. The van der Waals surface area contributed by atoms with Gasteiger partial charge in [-0.15, -0.1) is 0 Å². The molecule has 0 aliphatic carbocycles. The topological polar surface area (TPSA) is 92.2 Å². The zero-order chi connectivity index (χ0) is 13.2. The molecule has 0 atom stereocenters. The molecule has 2 rings (SSSR count). The zero-order valence-electron chi connectivity index (χ0n) is 8.91. The van der Waals surface area contributed by atoms with Crippen molar-refractivity contribution in [2.45, 2.75) is 4.90 Å². The first-order valence-electron chi connectivity index (χ1n) is 4.76. The number of halogens is 1. The summed E-state index contributed by atoms with van der Waals surface area (Å²) < 4.78 is 26.0. The van der Waals surface area contributed by atoms with Gasteiger partial charge >= 0.3 is 0 Å². The molecule has 0 aliphatic heterocycles. The van der Waals surface area contributed by atoms with Gasteiger partial charge in [0.2, 0.25) is 0 Å². The van der Waals surface area contributed by atoms with Gasteiger partial charge in [0.25, 0.3) is 10.0 Å². The first-order valence-corrected chi connectivity index (χ1v) is 6.62. The molecule has 18 heavy (non-hydrogen) atoms. The van der Waals surface area contributed by atoms with Crippen molar-refractivity contribution in [2.24, 2.45) is 0 Å². The van der Waals surface area contributed by atoms with Crippen LogP contribution in [0.4, 0.5) is 5.69 Å². The highest BCUT2D eigenvalue weighted by Gasteiger charge is 2.17. The molecule has 2 aromatic heterocycles. The molecular weight excluding hydrogens is 278 g/mol. The number of aromatic nitrogens is 2. The lowest BCUT2D eigenvalue weighted by atomic mass is 10.4. The van der Waals surface area contributed by atoms with Crippen molar-refractivity contribution in [3.63, 3.8) is 0 Å². The van der Waals surface area contributed by atoms with E-state index >= 15 is 0 Å². The molecule has 6 nitrogen and oxygen atoms in total. The van der Waals surface area contributed by atoms with Crippen molar-refractivity contribution in [3.05, 3.63) is 41.9 Å². The predicted molar refractivity (Wildman–Crippen MR) is 66.0 cm³/mol. The van der Waals surface area contributed by atoms with Crippen LogP contribution in [0.2, 0.25) is 5.02 Å². The summed E-state index contributed by atoms with van der Waals surface area (Å²) >= 11 is 5.63. The number of rotatable bonds is 3. The summed E-state index contributed by atoms with van der Waals surface area (Å²) in [6, 6.07) is 2.87. The minimum Gasteiger partial charge on any atom is -0.504 e. The van der Waals surface area contributed by atoms with Crippen LogP contribution < -0.4 is 4.72 Å². The molecule has 0 unspecified atom stereocenters. The SMILES string of the molecule is O=S(=O)(Nc1cncc(Cl)c1O)c1cccnc1. The second-order valence-corrected chi connectivity index (χ2v) is 5.40. The number of pyridine rings is 2. The smallest absolute Gasteiger partial charge is 0.263 e. The van der Waals surface area contributed by atoms with Crippen LogP contribution in [0.15, 0.2) is 41.8 Å². The Labute approximate surface area is 108 Å². The van der Waals surface area contributed by atoms with E-state index in [0.29, 0.717) is 0 Å². The Morgan fingerprint density at radius 1 is 1.22 bits per heavy atom. The van der Waals surface area contributed by atoms with Crippen LogP contribution in [0.3, 0.4) is 0 Å². The van der Waals surface area contributed by atoms with E-state index in [1.807, 2.05) is 0 Å². The Balaban J connectivity index is 2.37. The molecule has 0 bridgehead atoms. The van der Waals surface area contributed by atoms with Gasteiger partial charge in [-0.2, -0.15) is 0 Å². The maximum Gasteiger partial charge on any atom is 0.263 e. The van der Waals surface area contributed by atoms with Gasteiger partial charge in [0.05, 0.1) is 6.20 Å². The van der Waals surface area contributed by atoms with Crippen LogP contribution in [0.25, 0.3) is 0 Å². The first kappa shape index (κ1) is 12.6. The van der Waals surface area contributed by atoms with Crippen molar-refractivity contribution < 1.29 is 13.5 Å². The van der Waals surface area contributed by atoms with Gasteiger partial charge in [0, 0.05) is 18.6 Å². The summed E-state index contributed by atoms with van der Waals surface area (Å²) in [7, 11) is -3.82. The molecule has 8 heteroatoms. The monoisotopic (exact) mass is 285 g/mol. The second kappa shape index (κ2) is 4.79. The highest BCUT2D eigenvalue weighted by atomic mass is 35.5. The maximum absolute atomic E-state index is 11.9. The average Bonchev–Trinajstić information content (AvgIpc) is 2.36. The summed E-state index contributed by atoms with van der Waals surface area (Å²) in [5, 5.41) is 9.55. The van der Waals surface area contributed by atoms with Gasteiger partial charge in [-0.25, -0.2) is 8.42 Å². The van der Waals surface area contributed by atoms with E-state index in [0.717, 1.165) is 6.20 Å². The lowest BCUT2D eigenvalue weighted by Gasteiger charge is -2.09. The third kappa shape index (κ3) is 2.52. The summed E-state index contributed by atoms with van der Waals surface area (Å²) in [5.41, 5.74) is -0.0913. The maximum atomic E-state index is 11.9. The Morgan fingerprint density at radius 3 is 2.67 bits per heavy atom. The molecule has 0 aliphatic rings. The summed E-state index contributed by atoms with van der Waals surface area (Å²) in [4.78, 5) is 7.37. The molecule has 0 amide bonds. The van der Waals surface area contributed by atoms with Crippen LogP contribution >= 0.6 is 11.6 Å². The Bertz CT molecular complexity index is 661. The average molecular weight is 286 g/mol. The number of hydrogen-bond acceptors (Lipinski definition) is 5. The van der Waals surface area contributed by atoms with E-state index < -0.39 is 10.0 Å². The number of nitrogens with one attached hydrogen (secondary N) is 1. The molecule has 0 fully saturated rings. The van der Waals surface area contributed by atoms with Crippen LogP contribution in [-0.4, -0.2) is 23.5 Å². The Morgan fingerprint density at radius 2 is 2.00 bits per heavy atom. The third-order valence-electron chi connectivity index (χ3n) is 2.06. The fraction of sp³-hybridized carbons (Fsp3) is 0. The number of hydrogen-bond donors (Lipinski definition) is 2. The van der Waals surface area contributed by atoms with Gasteiger partial charge in [0.1, 0.15) is 15.6 Å². The first-order chi connectivity index (χ1) is 8.50. The number of aromatic hydroxyl groups is 1. The van der Waals surface area contributed by atoms with E-state index in [2.05, 4.69) is 14.7 Å². The fourth-order valence-electron chi connectivity index (χ4n) is 1.21. The van der Waals surface area contributed by atoms with E-state index in [-0.39, 0.29) is 21.4 Å². The quantitative estimate of drug-likeness (QED) is 0.894. The van der Waals surface area contributed by atoms with Crippen LogP contribution in [0, 0.1) is 0 Å². The van der Waals surface area contributed by atoms with Crippen molar-refractivity contribution >= 4 is 27.3 Å². The zero-order valence-corrected chi connectivity index (χ0v) is 10.5. The van der Waals surface area contributed by atoms with Gasteiger partial charge in [-0.05, 0) is 12.1 Å². The van der Waals surface area contributed by atoms with Crippen molar-refractivity contribution in [2.75, 3.05) is 4.72 Å². The van der Waals surface area contributed by atoms with E-state index in [4.69, 9.17) is 11.6 Å². The van der Waals surface area contributed by atoms with Crippen molar-refractivity contribution in [3.8, 4) is 5.75 Å². The van der Waals surface area contributed by atoms with E-state index in [1.165, 1.54) is 30.7 Å². The molecular formula is C10H8ClN3O3S. The van der Waals surface area contributed by atoms with Gasteiger partial charge in [-0.1, -0.05) is 11.6 Å². The van der Waals surface area contributed by atoms with Gasteiger partial charge in [-0.3, -0.25) is 14.7 Å². The summed E-state index contributed by atoms with van der Waals surface area (Å²) in [6.07, 6.45) is 5.02. The molecule has 2 N–H and O–H groups in total.